The Hall–Kier alpha value is -2.54. The molecule has 0 unspecified atom stereocenters. The van der Waals surface area contributed by atoms with Crippen LogP contribution in [0.25, 0.3) is 21.3 Å². The van der Waals surface area contributed by atoms with E-state index in [2.05, 4.69) is 15.3 Å². The molecule has 0 aliphatic rings. The summed E-state index contributed by atoms with van der Waals surface area (Å²) >= 11 is 1.51. The summed E-state index contributed by atoms with van der Waals surface area (Å²) in [5, 5.41) is 12.5. The molecule has 2 N–H and O–H groups in total. The van der Waals surface area contributed by atoms with E-state index in [1.54, 1.807) is 19.1 Å². The maximum absolute atomic E-state index is 13.2. The number of fused-ring (bicyclic) bond motifs is 1. The molecule has 23 heavy (non-hydrogen) atoms. The minimum absolute atomic E-state index is 0.233. The Morgan fingerprint density at radius 2 is 1.96 bits per heavy atom. The number of aliphatic carboxylic acids is 1. The maximum atomic E-state index is 13.2. The Kier molecular flexibility index (Phi) is 3.96. The van der Waals surface area contributed by atoms with Crippen LogP contribution in [0, 0.1) is 19.7 Å². The molecular weight excluding hydrogens is 317 g/mol. The lowest BCUT2D eigenvalue weighted by atomic mass is 10.0. The normalized spacial score (nSPS) is 10.9. The summed E-state index contributed by atoms with van der Waals surface area (Å²) in [7, 11) is 0. The fourth-order valence-corrected chi connectivity index (χ4v) is 3.56. The van der Waals surface area contributed by atoms with Crippen LogP contribution in [-0.4, -0.2) is 27.6 Å². The van der Waals surface area contributed by atoms with Gasteiger partial charge in [0.2, 0.25) is 0 Å². The van der Waals surface area contributed by atoms with Crippen molar-refractivity contribution in [3.05, 3.63) is 40.8 Å². The van der Waals surface area contributed by atoms with Crippen LogP contribution in [0.4, 0.5) is 10.2 Å². The summed E-state index contributed by atoms with van der Waals surface area (Å²) in [5.41, 5.74) is 1.75. The number of thiophene rings is 1. The van der Waals surface area contributed by atoms with Crippen LogP contribution < -0.4 is 5.32 Å². The van der Waals surface area contributed by atoms with Gasteiger partial charge in [0, 0.05) is 10.4 Å². The number of rotatable bonds is 4. The first-order valence-corrected chi connectivity index (χ1v) is 7.76. The number of hydrogen-bond acceptors (Lipinski definition) is 5. The summed E-state index contributed by atoms with van der Waals surface area (Å²) in [6.45, 7) is 3.49. The zero-order valence-corrected chi connectivity index (χ0v) is 13.4. The second kappa shape index (κ2) is 5.92. The first-order valence-electron chi connectivity index (χ1n) is 6.95. The van der Waals surface area contributed by atoms with E-state index >= 15 is 0 Å². The molecule has 3 aromatic rings. The number of nitrogens with zero attached hydrogens (tertiary/aromatic N) is 2. The van der Waals surface area contributed by atoms with Crippen molar-refractivity contribution >= 4 is 33.3 Å². The van der Waals surface area contributed by atoms with Gasteiger partial charge in [-0.2, -0.15) is 0 Å². The molecule has 0 aliphatic heterocycles. The second-order valence-corrected chi connectivity index (χ2v) is 6.29. The van der Waals surface area contributed by atoms with Crippen LogP contribution in [0.15, 0.2) is 24.3 Å². The predicted octanol–water partition coefficient (Wildman–Crippen LogP) is 3.61. The van der Waals surface area contributed by atoms with Crippen molar-refractivity contribution in [1.29, 1.82) is 0 Å². The fraction of sp³-hybridized carbons (Fsp3) is 0.188. The molecule has 2 aromatic heterocycles. The van der Waals surface area contributed by atoms with Gasteiger partial charge in [0.15, 0.2) is 0 Å². The number of carbonyl (C=O) groups is 1. The summed E-state index contributed by atoms with van der Waals surface area (Å²) in [6, 6.07) is 6.20. The molecule has 0 radical (unpaired) electrons. The minimum atomic E-state index is -0.968. The summed E-state index contributed by atoms with van der Waals surface area (Å²) in [4.78, 5) is 21.4. The molecular formula is C16H14FN3O2S. The van der Waals surface area contributed by atoms with Crippen LogP contribution in [0.5, 0.6) is 0 Å². The van der Waals surface area contributed by atoms with Gasteiger partial charge in [0.05, 0.1) is 5.39 Å². The largest absolute Gasteiger partial charge is 0.480 e. The van der Waals surface area contributed by atoms with E-state index in [0.717, 1.165) is 26.2 Å². The molecule has 0 bridgehead atoms. The van der Waals surface area contributed by atoms with Crippen LogP contribution >= 0.6 is 11.3 Å². The van der Waals surface area contributed by atoms with Gasteiger partial charge < -0.3 is 10.4 Å². The van der Waals surface area contributed by atoms with Crippen LogP contribution in [0.2, 0.25) is 0 Å². The van der Waals surface area contributed by atoms with E-state index in [1.807, 2.05) is 6.92 Å². The van der Waals surface area contributed by atoms with Gasteiger partial charge >= 0.3 is 5.97 Å². The van der Waals surface area contributed by atoms with E-state index in [9.17, 15) is 9.18 Å². The third-order valence-corrected chi connectivity index (χ3v) is 4.38. The zero-order chi connectivity index (χ0) is 16.6. The molecule has 0 saturated carbocycles. The quantitative estimate of drug-likeness (QED) is 0.764. The van der Waals surface area contributed by atoms with Crippen LogP contribution in [0.3, 0.4) is 0 Å². The summed E-state index contributed by atoms with van der Waals surface area (Å²) in [6.07, 6.45) is 0. The zero-order valence-electron chi connectivity index (χ0n) is 12.6. The van der Waals surface area contributed by atoms with Crippen molar-refractivity contribution in [1.82, 2.24) is 9.97 Å². The first-order chi connectivity index (χ1) is 11.0. The smallest absolute Gasteiger partial charge is 0.322 e. The third-order valence-electron chi connectivity index (χ3n) is 3.38. The number of carboxylic acid groups (broad SMARTS) is 1. The number of aryl methyl sites for hydroxylation is 2. The molecule has 5 nitrogen and oxygen atoms in total. The van der Waals surface area contributed by atoms with E-state index in [0.29, 0.717) is 11.6 Å². The third kappa shape index (κ3) is 3.00. The molecule has 0 atom stereocenters. The Morgan fingerprint density at radius 1 is 1.26 bits per heavy atom. The number of carboxylic acids is 1. The Labute approximate surface area is 135 Å². The number of benzene rings is 1. The van der Waals surface area contributed by atoms with Crippen molar-refractivity contribution < 1.29 is 14.3 Å². The highest BCUT2D eigenvalue weighted by Gasteiger charge is 2.18. The van der Waals surface area contributed by atoms with Crippen molar-refractivity contribution in [2.24, 2.45) is 0 Å². The minimum Gasteiger partial charge on any atom is -0.480 e. The Morgan fingerprint density at radius 3 is 2.61 bits per heavy atom. The molecule has 1 aromatic carbocycles. The fourth-order valence-electron chi connectivity index (χ4n) is 2.47. The van der Waals surface area contributed by atoms with E-state index in [-0.39, 0.29) is 12.4 Å². The number of anilines is 1. The number of nitrogens with one attached hydrogen (secondary N) is 1. The van der Waals surface area contributed by atoms with E-state index in [1.165, 1.54) is 23.5 Å². The van der Waals surface area contributed by atoms with Gasteiger partial charge in [0.1, 0.15) is 28.8 Å². The molecule has 2 heterocycles. The lowest BCUT2D eigenvalue weighted by molar-refractivity contribution is -0.134. The molecule has 0 spiro atoms. The van der Waals surface area contributed by atoms with E-state index < -0.39 is 5.97 Å². The average molecular weight is 331 g/mol. The Bertz CT molecular complexity index is 890. The topological polar surface area (TPSA) is 75.1 Å². The number of aromatic nitrogens is 2. The van der Waals surface area contributed by atoms with Gasteiger partial charge in [-0.25, -0.2) is 14.4 Å². The summed E-state index contributed by atoms with van der Waals surface area (Å²) < 4.78 is 13.2. The van der Waals surface area contributed by atoms with Gasteiger partial charge in [-0.15, -0.1) is 11.3 Å². The van der Waals surface area contributed by atoms with Gasteiger partial charge in [0.25, 0.3) is 0 Å². The lowest BCUT2D eigenvalue weighted by Gasteiger charge is -2.08. The maximum Gasteiger partial charge on any atom is 0.322 e. The number of halogens is 1. The highest BCUT2D eigenvalue weighted by Crippen LogP contribution is 2.40. The van der Waals surface area contributed by atoms with Crippen LogP contribution in [0.1, 0.15) is 10.7 Å². The standard InChI is InChI=1S/C16H14FN3O2S/c1-8-13(10-3-5-11(17)6-4-10)14-15(18-7-12(21)22)19-9(2)20-16(14)23-8/h3-6H,7H2,1-2H3,(H,21,22)(H,18,19,20). The van der Waals surface area contributed by atoms with Gasteiger partial charge in [-0.1, -0.05) is 12.1 Å². The second-order valence-electron chi connectivity index (χ2n) is 5.09. The highest BCUT2D eigenvalue weighted by molar-refractivity contribution is 7.19. The highest BCUT2D eigenvalue weighted by atomic mass is 32.1. The van der Waals surface area contributed by atoms with Crippen molar-refractivity contribution in [2.75, 3.05) is 11.9 Å². The predicted molar refractivity (Wildman–Crippen MR) is 88.4 cm³/mol. The average Bonchev–Trinajstić information content (AvgIpc) is 2.81. The van der Waals surface area contributed by atoms with Crippen LogP contribution in [-0.2, 0) is 4.79 Å². The molecule has 118 valence electrons. The SMILES string of the molecule is Cc1nc(NCC(=O)O)c2c(-c3ccc(F)cc3)c(C)sc2n1. The molecule has 0 amide bonds. The van der Waals surface area contributed by atoms with Crippen molar-refractivity contribution in [3.63, 3.8) is 0 Å². The molecule has 0 aliphatic carbocycles. The number of hydrogen-bond donors (Lipinski definition) is 2. The molecule has 7 heteroatoms. The molecule has 3 rings (SSSR count). The van der Waals surface area contributed by atoms with Gasteiger partial charge in [-0.05, 0) is 31.5 Å². The molecule has 0 fully saturated rings. The monoisotopic (exact) mass is 331 g/mol. The first kappa shape index (κ1) is 15.4. The van der Waals surface area contributed by atoms with E-state index in [4.69, 9.17) is 5.11 Å². The van der Waals surface area contributed by atoms with Crippen molar-refractivity contribution in [2.45, 2.75) is 13.8 Å². The Balaban J connectivity index is 2.22. The lowest BCUT2D eigenvalue weighted by Crippen LogP contribution is -2.14. The molecule has 0 saturated heterocycles. The van der Waals surface area contributed by atoms with Gasteiger partial charge in [-0.3, -0.25) is 4.79 Å². The van der Waals surface area contributed by atoms with Crippen molar-refractivity contribution in [3.8, 4) is 11.1 Å². The summed E-state index contributed by atoms with van der Waals surface area (Å²) in [5.74, 6) is -0.220.